The van der Waals surface area contributed by atoms with E-state index in [1.807, 2.05) is 24.3 Å². The molecule has 1 aliphatic heterocycles. The van der Waals surface area contributed by atoms with Crippen LogP contribution in [-0.2, 0) is 11.2 Å². The van der Waals surface area contributed by atoms with Crippen LogP contribution in [0, 0.1) is 5.92 Å². The highest BCUT2D eigenvalue weighted by Crippen LogP contribution is 2.32. The number of carbonyl (C=O) groups is 1. The number of hydrogen-bond donors (Lipinski definition) is 1. The van der Waals surface area contributed by atoms with Gasteiger partial charge in [-0.1, -0.05) is 24.4 Å². The molecule has 0 spiro atoms. The SMILES string of the molecule is O=C(Nc1ccc(Cl)c(C2=Nc3ncc(Br)cc3C2)c1)C1CCCC1. The average molecular weight is 419 g/mol. The van der Waals surface area contributed by atoms with E-state index >= 15 is 0 Å². The van der Waals surface area contributed by atoms with Crippen molar-refractivity contribution >= 4 is 50.7 Å². The molecule has 1 aromatic carbocycles. The number of nitrogens with one attached hydrogen (secondary N) is 1. The molecule has 1 aliphatic carbocycles. The number of rotatable bonds is 3. The number of aromatic nitrogens is 1. The van der Waals surface area contributed by atoms with Crippen molar-refractivity contribution in [2.75, 3.05) is 5.32 Å². The van der Waals surface area contributed by atoms with Gasteiger partial charge in [-0.05, 0) is 53.0 Å². The largest absolute Gasteiger partial charge is 0.326 e. The van der Waals surface area contributed by atoms with E-state index in [0.717, 1.165) is 58.5 Å². The molecule has 0 saturated heterocycles. The van der Waals surface area contributed by atoms with Gasteiger partial charge in [0.05, 0.1) is 5.71 Å². The Morgan fingerprint density at radius 2 is 2.04 bits per heavy atom. The van der Waals surface area contributed by atoms with E-state index in [-0.39, 0.29) is 11.8 Å². The lowest BCUT2D eigenvalue weighted by atomic mass is 10.0. The minimum absolute atomic E-state index is 0.105. The predicted octanol–water partition coefficient (Wildman–Crippen LogP) is 5.30. The smallest absolute Gasteiger partial charge is 0.227 e. The number of pyridine rings is 1. The van der Waals surface area contributed by atoms with Crippen LogP contribution in [0.15, 0.2) is 39.9 Å². The Morgan fingerprint density at radius 3 is 2.84 bits per heavy atom. The van der Waals surface area contributed by atoms with E-state index in [0.29, 0.717) is 11.4 Å². The normalized spacial score (nSPS) is 16.6. The highest BCUT2D eigenvalue weighted by Gasteiger charge is 2.24. The van der Waals surface area contributed by atoms with Crippen LogP contribution in [0.2, 0.25) is 5.02 Å². The predicted molar refractivity (Wildman–Crippen MR) is 104 cm³/mol. The lowest BCUT2D eigenvalue weighted by molar-refractivity contribution is -0.119. The van der Waals surface area contributed by atoms with Crippen LogP contribution in [-0.4, -0.2) is 16.6 Å². The minimum atomic E-state index is 0.105. The second-order valence-electron chi connectivity index (χ2n) is 6.54. The molecule has 25 heavy (non-hydrogen) atoms. The molecule has 0 atom stereocenters. The zero-order chi connectivity index (χ0) is 17.4. The first kappa shape index (κ1) is 16.7. The Bertz CT molecular complexity index is 875. The minimum Gasteiger partial charge on any atom is -0.326 e. The van der Waals surface area contributed by atoms with E-state index in [1.54, 1.807) is 6.20 Å². The van der Waals surface area contributed by atoms with E-state index in [2.05, 4.69) is 31.2 Å². The quantitative estimate of drug-likeness (QED) is 0.735. The average Bonchev–Trinajstić information content (AvgIpc) is 3.25. The number of benzene rings is 1. The van der Waals surface area contributed by atoms with Gasteiger partial charge in [-0.25, -0.2) is 9.98 Å². The number of amides is 1. The van der Waals surface area contributed by atoms with Crippen LogP contribution in [0.3, 0.4) is 0 Å². The fourth-order valence-electron chi connectivity index (χ4n) is 3.46. The summed E-state index contributed by atoms with van der Waals surface area (Å²) in [4.78, 5) is 21.3. The molecule has 2 aromatic rings. The van der Waals surface area contributed by atoms with Crippen LogP contribution in [0.4, 0.5) is 11.5 Å². The Hall–Kier alpha value is -1.72. The molecule has 1 N–H and O–H groups in total. The first-order valence-corrected chi connectivity index (χ1v) is 9.60. The summed E-state index contributed by atoms with van der Waals surface area (Å²) in [6, 6.07) is 7.60. The van der Waals surface area contributed by atoms with Crippen molar-refractivity contribution in [2.45, 2.75) is 32.1 Å². The molecule has 1 fully saturated rings. The molecule has 1 saturated carbocycles. The van der Waals surface area contributed by atoms with Gasteiger partial charge in [-0.3, -0.25) is 4.79 Å². The Kier molecular flexibility index (Phi) is 4.61. The number of fused-ring (bicyclic) bond motifs is 1. The molecule has 2 aliphatic rings. The maximum atomic E-state index is 12.4. The number of carbonyl (C=O) groups excluding carboxylic acids is 1. The fourth-order valence-corrected chi connectivity index (χ4v) is 4.07. The van der Waals surface area contributed by atoms with Gasteiger partial charge in [0.2, 0.25) is 5.91 Å². The maximum Gasteiger partial charge on any atom is 0.227 e. The topological polar surface area (TPSA) is 54.4 Å². The Labute approximate surface area is 159 Å². The summed E-state index contributed by atoms with van der Waals surface area (Å²) in [5, 5.41) is 3.66. The fraction of sp³-hybridized carbons (Fsp3) is 0.316. The van der Waals surface area contributed by atoms with Crippen molar-refractivity contribution in [1.29, 1.82) is 0 Å². The molecule has 4 nitrogen and oxygen atoms in total. The van der Waals surface area contributed by atoms with E-state index < -0.39 is 0 Å². The number of halogens is 2. The third kappa shape index (κ3) is 3.48. The molecular weight excluding hydrogens is 402 g/mol. The van der Waals surface area contributed by atoms with Gasteiger partial charge in [-0.2, -0.15) is 0 Å². The van der Waals surface area contributed by atoms with E-state index in [9.17, 15) is 4.79 Å². The van der Waals surface area contributed by atoms with E-state index in [1.165, 1.54) is 0 Å². The summed E-state index contributed by atoms with van der Waals surface area (Å²) in [5.74, 6) is 0.969. The summed E-state index contributed by atoms with van der Waals surface area (Å²) in [7, 11) is 0. The Morgan fingerprint density at radius 1 is 1.24 bits per heavy atom. The van der Waals surface area contributed by atoms with Crippen molar-refractivity contribution in [3.63, 3.8) is 0 Å². The summed E-state index contributed by atoms with van der Waals surface area (Å²) in [6.45, 7) is 0. The number of aliphatic imine (C=N–C) groups is 1. The molecule has 0 unspecified atom stereocenters. The van der Waals surface area contributed by atoms with Crippen LogP contribution in [0.1, 0.15) is 36.8 Å². The lowest BCUT2D eigenvalue weighted by Crippen LogP contribution is -2.20. The molecule has 0 radical (unpaired) electrons. The highest BCUT2D eigenvalue weighted by atomic mass is 79.9. The second-order valence-corrected chi connectivity index (χ2v) is 7.86. The number of anilines is 1. The number of hydrogen-bond acceptors (Lipinski definition) is 3. The van der Waals surface area contributed by atoms with Crippen molar-refractivity contribution < 1.29 is 4.79 Å². The molecule has 0 bridgehead atoms. The molecule has 1 aromatic heterocycles. The lowest BCUT2D eigenvalue weighted by Gasteiger charge is -2.12. The van der Waals surface area contributed by atoms with Crippen LogP contribution in [0.25, 0.3) is 0 Å². The third-order valence-corrected chi connectivity index (χ3v) is 5.54. The first-order valence-electron chi connectivity index (χ1n) is 8.43. The number of nitrogens with zero attached hydrogens (tertiary/aromatic N) is 2. The van der Waals surface area contributed by atoms with Gasteiger partial charge < -0.3 is 5.32 Å². The maximum absolute atomic E-state index is 12.4. The van der Waals surface area contributed by atoms with Crippen LogP contribution >= 0.6 is 27.5 Å². The Balaban J connectivity index is 1.57. The molecular formula is C19H17BrClN3O. The third-order valence-electron chi connectivity index (χ3n) is 4.78. The van der Waals surface area contributed by atoms with Gasteiger partial charge in [0, 0.05) is 44.8 Å². The molecule has 1 amide bonds. The molecule has 2 heterocycles. The van der Waals surface area contributed by atoms with Gasteiger partial charge in [-0.15, -0.1) is 0 Å². The van der Waals surface area contributed by atoms with Gasteiger partial charge in [0.1, 0.15) is 0 Å². The standard InChI is InChI=1S/C19H17BrClN3O/c20-13-7-12-8-17(24-18(12)22-10-13)15-9-14(5-6-16(15)21)23-19(25)11-3-1-2-4-11/h5-7,9-11H,1-4,8H2,(H,23,25). The zero-order valence-corrected chi connectivity index (χ0v) is 15.9. The first-order chi connectivity index (χ1) is 12.1. The summed E-state index contributed by atoms with van der Waals surface area (Å²) in [6.07, 6.45) is 6.67. The summed E-state index contributed by atoms with van der Waals surface area (Å²) in [5.41, 5.74) is 3.56. The highest BCUT2D eigenvalue weighted by molar-refractivity contribution is 9.10. The van der Waals surface area contributed by atoms with Crippen molar-refractivity contribution in [1.82, 2.24) is 4.98 Å². The zero-order valence-electron chi connectivity index (χ0n) is 13.6. The molecule has 4 rings (SSSR count). The van der Waals surface area contributed by atoms with Gasteiger partial charge >= 0.3 is 0 Å². The van der Waals surface area contributed by atoms with Crippen LogP contribution < -0.4 is 5.32 Å². The van der Waals surface area contributed by atoms with Crippen molar-refractivity contribution in [2.24, 2.45) is 10.9 Å². The molecule has 128 valence electrons. The van der Waals surface area contributed by atoms with Gasteiger partial charge in [0.15, 0.2) is 5.82 Å². The summed E-state index contributed by atoms with van der Waals surface area (Å²) >= 11 is 9.83. The van der Waals surface area contributed by atoms with Crippen molar-refractivity contribution in [3.8, 4) is 0 Å². The molecule has 6 heteroatoms. The monoisotopic (exact) mass is 417 g/mol. The summed E-state index contributed by atoms with van der Waals surface area (Å²) < 4.78 is 0.936. The van der Waals surface area contributed by atoms with Crippen LogP contribution in [0.5, 0.6) is 0 Å². The van der Waals surface area contributed by atoms with E-state index in [4.69, 9.17) is 11.6 Å². The van der Waals surface area contributed by atoms with Crippen molar-refractivity contribution in [3.05, 3.63) is 51.1 Å². The second kappa shape index (κ2) is 6.89. The van der Waals surface area contributed by atoms with Gasteiger partial charge in [0.25, 0.3) is 0 Å².